The molecular formula is C16H21F3N2O. The average molecular weight is 314 g/mol. The Labute approximate surface area is 128 Å². The minimum atomic E-state index is -4.35. The molecule has 0 unspecified atom stereocenters. The van der Waals surface area contributed by atoms with Gasteiger partial charge in [0, 0.05) is 19.1 Å². The maximum atomic E-state index is 12.5. The Morgan fingerprint density at radius 3 is 2.55 bits per heavy atom. The Bertz CT molecular complexity index is 511. The molecule has 22 heavy (non-hydrogen) atoms. The Morgan fingerprint density at radius 1 is 1.36 bits per heavy atom. The zero-order valence-electron chi connectivity index (χ0n) is 12.6. The van der Waals surface area contributed by atoms with E-state index in [4.69, 9.17) is 5.73 Å². The van der Waals surface area contributed by atoms with E-state index in [-0.39, 0.29) is 18.4 Å². The molecule has 0 spiro atoms. The summed E-state index contributed by atoms with van der Waals surface area (Å²) < 4.78 is 37.5. The van der Waals surface area contributed by atoms with Crippen molar-refractivity contribution in [3.63, 3.8) is 0 Å². The molecule has 2 rings (SSSR count). The fourth-order valence-corrected chi connectivity index (χ4v) is 2.76. The molecule has 0 aliphatic carbocycles. The monoisotopic (exact) mass is 314 g/mol. The van der Waals surface area contributed by atoms with Crippen molar-refractivity contribution in [2.24, 2.45) is 11.7 Å². The van der Waals surface area contributed by atoms with Crippen molar-refractivity contribution in [2.75, 3.05) is 13.1 Å². The molecule has 1 aliphatic heterocycles. The number of hydrogen-bond acceptors (Lipinski definition) is 2. The third-order valence-corrected chi connectivity index (χ3v) is 4.19. The number of carbonyl (C=O) groups is 1. The molecule has 1 saturated heterocycles. The highest BCUT2D eigenvalue weighted by Crippen LogP contribution is 2.29. The van der Waals surface area contributed by atoms with E-state index in [1.165, 1.54) is 12.1 Å². The summed E-state index contributed by atoms with van der Waals surface area (Å²) in [6, 6.07) is 4.82. The van der Waals surface area contributed by atoms with Crippen molar-refractivity contribution in [1.29, 1.82) is 0 Å². The van der Waals surface area contributed by atoms with Gasteiger partial charge in [-0.15, -0.1) is 0 Å². The number of rotatable bonds is 3. The van der Waals surface area contributed by atoms with E-state index >= 15 is 0 Å². The minimum Gasteiger partial charge on any atom is -0.342 e. The van der Waals surface area contributed by atoms with Gasteiger partial charge in [0.25, 0.3) is 0 Å². The first-order chi connectivity index (χ1) is 10.3. The number of benzene rings is 1. The number of piperidine rings is 1. The highest BCUT2D eigenvalue weighted by Gasteiger charge is 2.30. The summed E-state index contributed by atoms with van der Waals surface area (Å²) in [5, 5.41) is 0. The smallest absolute Gasteiger partial charge is 0.342 e. The van der Waals surface area contributed by atoms with E-state index in [9.17, 15) is 18.0 Å². The Kier molecular flexibility index (Phi) is 5.11. The lowest BCUT2D eigenvalue weighted by molar-refractivity contribution is -0.137. The summed E-state index contributed by atoms with van der Waals surface area (Å²) in [6.07, 6.45) is -2.28. The highest BCUT2D eigenvalue weighted by atomic mass is 19.4. The molecule has 122 valence electrons. The predicted molar refractivity (Wildman–Crippen MR) is 78.1 cm³/mol. The van der Waals surface area contributed by atoms with Crippen molar-refractivity contribution in [3.8, 4) is 0 Å². The second kappa shape index (κ2) is 6.69. The zero-order valence-corrected chi connectivity index (χ0v) is 12.6. The number of nitrogens with two attached hydrogens (primary N) is 1. The lowest BCUT2D eigenvalue weighted by atomic mass is 9.92. The number of halogens is 3. The van der Waals surface area contributed by atoms with Crippen molar-refractivity contribution in [2.45, 2.75) is 38.4 Å². The van der Waals surface area contributed by atoms with Crippen LogP contribution in [-0.4, -0.2) is 29.9 Å². The number of alkyl halides is 3. The summed E-state index contributed by atoms with van der Waals surface area (Å²) in [5.41, 5.74) is 5.80. The zero-order chi connectivity index (χ0) is 16.3. The summed E-state index contributed by atoms with van der Waals surface area (Å²) in [7, 11) is 0. The Hall–Kier alpha value is -1.56. The van der Waals surface area contributed by atoms with Crippen LogP contribution >= 0.6 is 0 Å². The predicted octanol–water partition coefficient (Wildman–Crippen LogP) is 2.83. The van der Waals surface area contributed by atoms with Crippen LogP contribution in [0, 0.1) is 5.92 Å². The summed E-state index contributed by atoms with van der Waals surface area (Å²) in [5.74, 6) is 0.246. The molecule has 1 aromatic carbocycles. The second-order valence-electron chi connectivity index (χ2n) is 5.97. The lowest BCUT2D eigenvalue weighted by Gasteiger charge is -2.34. The number of amides is 1. The summed E-state index contributed by atoms with van der Waals surface area (Å²) in [4.78, 5) is 14.1. The van der Waals surface area contributed by atoms with Gasteiger partial charge in [-0.2, -0.15) is 13.2 Å². The molecule has 0 bridgehead atoms. The largest absolute Gasteiger partial charge is 0.416 e. The molecule has 1 aliphatic rings. The first-order valence-electron chi connectivity index (χ1n) is 7.47. The third kappa shape index (κ3) is 4.22. The van der Waals surface area contributed by atoms with Crippen molar-refractivity contribution >= 4 is 5.91 Å². The summed E-state index contributed by atoms with van der Waals surface area (Å²) in [6.45, 7) is 3.27. The van der Waals surface area contributed by atoms with Crippen molar-refractivity contribution in [3.05, 3.63) is 35.4 Å². The Balaban J connectivity index is 1.97. The van der Waals surface area contributed by atoms with E-state index in [1.54, 1.807) is 4.90 Å². The van der Waals surface area contributed by atoms with Crippen LogP contribution < -0.4 is 5.73 Å². The molecular weight excluding hydrogens is 293 g/mol. The van der Waals surface area contributed by atoms with E-state index in [0.717, 1.165) is 25.0 Å². The van der Waals surface area contributed by atoms with Crippen LogP contribution in [-0.2, 0) is 17.4 Å². The third-order valence-electron chi connectivity index (χ3n) is 4.19. The molecule has 3 nitrogen and oxygen atoms in total. The first kappa shape index (κ1) is 16.8. The van der Waals surface area contributed by atoms with Crippen LogP contribution in [0.4, 0.5) is 13.2 Å². The number of nitrogens with zero attached hydrogens (tertiary/aromatic N) is 1. The molecule has 1 aromatic rings. The van der Waals surface area contributed by atoms with Gasteiger partial charge in [0.05, 0.1) is 12.0 Å². The van der Waals surface area contributed by atoms with Gasteiger partial charge in [-0.25, -0.2) is 0 Å². The normalized spacial score (nSPS) is 20.8. The number of likely N-dealkylation sites (tertiary alicyclic amines) is 1. The minimum absolute atomic E-state index is 0.0432. The van der Waals surface area contributed by atoms with Crippen LogP contribution in [0.2, 0.25) is 0 Å². The van der Waals surface area contributed by atoms with Gasteiger partial charge < -0.3 is 10.6 Å². The highest BCUT2D eigenvalue weighted by molar-refractivity contribution is 5.78. The fourth-order valence-electron chi connectivity index (χ4n) is 2.76. The molecule has 1 fully saturated rings. The fraction of sp³-hybridized carbons (Fsp3) is 0.562. The van der Waals surface area contributed by atoms with Crippen molar-refractivity contribution in [1.82, 2.24) is 4.90 Å². The first-order valence-corrected chi connectivity index (χ1v) is 7.47. The van der Waals surface area contributed by atoms with Gasteiger partial charge in [-0.3, -0.25) is 4.79 Å². The quantitative estimate of drug-likeness (QED) is 0.932. The van der Waals surface area contributed by atoms with Gasteiger partial charge in [0.2, 0.25) is 5.91 Å². The summed E-state index contributed by atoms with van der Waals surface area (Å²) >= 11 is 0. The van der Waals surface area contributed by atoms with Crippen LogP contribution in [0.25, 0.3) is 0 Å². The maximum Gasteiger partial charge on any atom is 0.416 e. The van der Waals surface area contributed by atoms with E-state index in [2.05, 4.69) is 0 Å². The molecule has 6 heteroatoms. The SMILES string of the molecule is C[C@@H](N)[C@H]1CCCN(C(=O)Cc2ccc(C(F)(F)F)cc2)C1. The Morgan fingerprint density at radius 2 is 2.00 bits per heavy atom. The van der Waals surface area contributed by atoms with Gasteiger partial charge in [0.1, 0.15) is 0 Å². The molecule has 0 saturated carbocycles. The van der Waals surface area contributed by atoms with Gasteiger partial charge in [-0.1, -0.05) is 12.1 Å². The number of hydrogen-bond donors (Lipinski definition) is 1. The van der Waals surface area contributed by atoms with E-state index in [0.29, 0.717) is 24.6 Å². The van der Waals surface area contributed by atoms with E-state index < -0.39 is 11.7 Å². The van der Waals surface area contributed by atoms with Crippen LogP contribution in [0.15, 0.2) is 24.3 Å². The average Bonchev–Trinajstić information content (AvgIpc) is 2.47. The van der Waals surface area contributed by atoms with Crippen LogP contribution in [0.1, 0.15) is 30.9 Å². The molecule has 0 radical (unpaired) electrons. The van der Waals surface area contributed by atoms with Crippen LogP contribution in [0.5, 0.6) is 0 Å². The van der Waals surface area contributed by atoms with Crippen LogP contribution in [0.3, 0.4) is 0 Å². The molecule has 0 aromatic heterocycles. The molecule has 2 atom stereocenters. The maximum absolute atomic E-state index is 12.5. The molecule has 2 N–H and O–H groups in total. The number of carbonyl (C=O) groups excluding carboxylic acids is 1. The standard InChI is InChI=1S/C16H21F3N2O/c1-11(20)13-3-2-8-21(10-13)15(22)9-12-4-6-14(7-5-12)16(17,18)19/h4-7,11,13H,2-3,8-10,20H2,1H3/t11-,13+/m1/s1. The lowest BCUT2D eigenvalue weighted by Crippen LogP contribution is -2.45. The van der Waals surface area contributed by atoms with Crippen molar-refractivity contribution < 1.29 is 18.0 Å². The topological polar surface area (TPSA) is 46.3 Å². The van der Waals surface area contributed by atoms with E-state index in [1.807, 2.05) is 6.92 Å². The molecule has 1 amide bonds. The van der Waals surface area contributed by atoms with Gasteiger partial charge in [0.15, 0.2) is 0 Å². The second-order valence-corrected chi connectivity index (χ2v) is 5.97. The van der Waals surface area contributed by atoms with Gasteiger partial charge >= 0.3 is 6.18 Å². The van der Waals surface area contributed by atoms with Gasteiger partial charge in [-0.05, 0) is 43.4 Å². The molecule has 1 heterocycles.